The Balaban J connectivity index is 3.64. The van der Waals surface area contributed by atoms with E-state index in [0.717, 1.165) is 5.56 Å². The van der Waals surface area contributed by atoms with Gasteiger partial charge in [0.25, 0.3) is 0 Å². The number of nitrogens with zero attached hydrogens (tertiary/aromatic N) is 1. The molecule has 1 aromatic carbocycles. The molecule has 0 fully saturated rings. The number of nitro benzene ring substituents is 1. The number of nitro groups is 1. The van der Waals surface area contributed by atoms with Gasteiger partial charge in [-0.1, -0.05) is 41.5 Å². The highest BCUT2D eigenvalue weighted by Gasteiger charge is 2.31. The quantitative estimate of drug-likeness (QED) is 0.608. The van der Waals surface area contributed by atoms with Crippen LogP contribution < -0.4 is 0 Å². The van der Waals surface area contributed by atoms with Crippen LogP contribution in [0.3, 0.4) is 0 Å². The minimum atomic E-state index is -0.512. The largest absolute Gasteiger partial charge is 0.502 e. The highest BCUT2D eigenvalue weighted by molar-refractivity contribution is 5.57. The summed E-state index contributed by atoms with van der Waals surface area (Å²) in [6, 6.07) is 3.32. The predicted octanol–water partition coefficient (Wildman–Crippen LogP) is 3.90. The fraction of sp³-hybridized carbons (Fsp3) is 0.571. The van der Waals surface area contributed by atoms with Gasteiger partial charge in [0.2, 0.25) is 0 Å². The smallest absolute Gasteiger partial charge is 0.314 e. The van der Waals surface area contributed by atoms with Gasteiger partial charge in [-0.25, -0.2) is 0 Å². The summed E-state index contributed by atoms with van der Waals surface area (Å²) >= 11 is 0. The molecule has 4 nitrogen and oxygen atoms in total. The number of phenolic OH excluding ortho intramolecular Hbond substituents is 1. The molecule has 100 valence electrons. The van der Waals surface area contributed by atoms with E-state index < -0.39 is 4.92 Å². The van der Waals surface area contributed by atoms with Crippen molar-refractivity contribution in [3.8, 4) is 5.75 Å². The van der Waals surface area contributed by atoms with Crippen LogP contribution in [0.1, 0.15) is 52.7 Å². The van der Waals surface area contributed by atoms with E-state index in [2.05, 4.69) is 0 Å². The molecule has 0 amide bonds. The van der Waals surface area contributed by atoms with E-state index in [1.165, 1.54) is 6.07 Å². The summed E-state index contributed by atoms with van der Waals surface area (Å²) in [5, 5.41) is 21.0. The Bertz CT molecular complexity index is 479. The molecule has 0 saturated heterocycles. The number of phenols is 1. The van der Waals surface area contributed by atoms with Gasteiger partial charge in [0, 0.05) is 5.56 Å². The summed E-state index contributed by atoms with van der Waals surface area (Å²) in [5.41, 5.74) is 0.733. The zero-order chi connectivity index (χ0) is 14.3. The zero-order valence-corrected chi connectivity index (χ0v) is 11.9. The van der Waals surface area contributed by atoms with E-state index in [1.807, 2.05) is 47.6 Å². The number of benzene rings is 1. The number of hydrogen-bond donors (Lipinski definition) is 1. The van der Waals surface area contributed by atoms with Crippen molar-refractivity contribution in [2.45, 2.75) is 52.4 Å². The third kappa shape index (κ3) is 2.81. The molecule has 0 spiro atoms. The molecule has 4 heteroatoms. The molecule has 18 heavy (non-hydrogen) atoms. The topological polar surface area (TPSA) is 63.4 Å². The van der Waals surface area contributed by atoms with Gasteiger partial charge in [-0.05, 0) is 28.5 Å². The molecule has 0 radical (unpaired) electrons. The number of rotatable bonds is 1. The van der Waals surface area contributed by atoms with Crippen molar-refractivity contribution in [3.63, 3.8) is 0 Å². The second-order valence-corrected chi connectivity index (χ2v) is 6.65. The van der Waals surface area contributed by atoms with Gasteiger partial charge < -0.3 is 5.11 Å². The van der Waals surface area contributed by atoms with Crippen LogP contribution in [0.25, 0.3) is 0 Å². The lowest BCUT2D eigenvalue weighted by atomic mass is 9.79. The van der Waals surface area contributed by atoms with Crippen LogP contribution in [0.4, 0.5) is 5.69 Å². The summed E-state index contributed by atoms with van der Waals surface area (Å²) in [6.45, 7) is 11.8. The Hall–Kier alpha value is -1.58. The van der Waals surface area contributed by atoms with Crippen molar-refractivity contribution in [2.24, 2.45) is 0 Å². The highest BCUT2D eigenvalue weighted by Crippen LogP contribution is 2.41. The lowest BCUT2D eigenvalue weighted by molar-refractivity contribution is -0.387. The molecule has 0 aliphatic carbocycles. The summed E-state index contributed by atoms with van der Waals surface area (Å²) in [6.07, 6.45) is 0. The van der Waals surface area contributed by atoms with Crippen LogP contribution >= 0.6 is 0 Å². The van der Waals surface area contributed by atoms with Crippen LogP contribution in [-0.4, -0.2) is 10.0 Å². The fourth-order valence-electron chi connectivity index (χ4n) is 1.82. The number of hydrogen-bond acceptors (Lipinski definition) is 3. The molecule has 0 aromatic heterocycles. The van der Waals surface area contributed by atoms with E-state index in [1.54, 1.807) is 0 Å². The average Bonchev–Trinajstić information content (AvgIpc) is 2.12. The molecule has 0 bridgehead atoms. The lowest BCUT2D eigenvalue weighted by Crippen LogP contribution is -2.18. The molecule has 0 unspecified atom stereocenters. The maximum Gasteiger partial charge on any atom is 0.314 e. The Morgan fingerprint density at radius 2 is 1.56 bits per heavy atom. The normalized spacial score (nSPS) is 12.6. The Morgan fingerprint density at radius 3 is 1.89 bits per heavy atom. The van der Waals surface area contributed by atoms with Crippen LogP contribution in [0.5, 0.6) is 5.75 Å². The van der Waals surface area contributed by atoms with Gasteiger partial charge >= 0.3 is 5.69 Å². The Kier molecular flexibility index (Phi) is 3.43. The molecule has 0 heterocycles. The van der Waals surface area contributed by atoms with Crippen molar-refractivity contribution >= 4 is 5.69 Å². The lowest BCUT2D eigenvalue weighted by Gasteiger charge is -2.25. The van der Waals surface area contributed by atoms with Crippen LogP contribution in [0.2, 0.25) is 0 Å². The Labute approximate surface area is 108 Å². The second-order valence-electron chi connectivity index (χ2n) is 6.65. The number of aromatic hydroxyl groups is 1. The first kappa shape index (κ1) is 14.5. The minimum Gasteiger partial charge on any atom is -0.502 e. The summed E-state index contributed by atoms with van der Waals surface area (Å²) in [5.74, 6) is -0.252. The van der Waals surface area contributed by atoms with E-state index in [-0.39, 0.29) is 22.3 Å². The first-order chi connectivity index (χ1) is 7.94. The zero-order valence-electron chi connectivity index (χ0n) is 11.9. The molecule has 1 rings (SSSR count). The van der Waals surface area contributed by atoms with Crippen molar-refractivity contribution in [1.29, 1.82) is 0 Å². The third-order valence-corrected chi connectivity index (χ3v) is 2.95. The highest BCUT2D eigenvalue weighted by atomic mass is 16.6. The van der Waals surface area contributed by atoms with E-state index in [0.29, 0.717) is 5.56 Å². The minimum absolute atomic E-state index is 0.160. The van der Waals surface area contributed by atoms with Crippen molar-refractivity contribution in [1.82, 2.24) is 0 Å². The molecule has 1 N–H and O–H groups in total. The van der Waals surface area contributed by atoms with Gasteiger partial charge in [0.05, 0.1) is 4.92 Å². The summed E-state index contributed by atoms with van der Waals surface area (Å²) < 4.78 is 0. The first-order valence-corrected chi connectivity index (χ1v) is 5.97. The van der Waals surface area contributed by atoms with Crippen LogP contribution in [0.15, 0.2) is 12.1 Å². The summed E-state index contributed by atoms with van der Waals surface area (Å²) in [7, 11) is 0. The van der Waals surface area contributed by atoms with Gasteiger partial charge in [-0.15, -0.1) is 0 Å². The van der Waals surface area contributed by atoms with E-state index >= 15 is 0 Å². The van der Waals surface area contributed by atoms with Crippen molar-refractivity contribution < 1.29 is 10.0 Å². The second kappa shape index (κ2) is 4.26. The molecule has 0 aliphatic rings. The van der Waals surface area contributed by atoms with Crippen molar-refractivity contribution in [3.05, 3.63) is 33.4 Å². The average molecular weight is 251 g/mol. The maximum absolute atomic E-state index is 11.1. The van der Waals surface area contributed by atoms with E-state index in [4.69, 9.17) is 0 Å². The predicted molar refractivity (Wildman–Crippen MR) is 72.2 cm³/mol. The Morgan fingerprint density at radius 1 is 1.06 bits per heavy atom. The van der Waals surface area contributed by atoms with Crippen LogP contribution in [-0.2, 0) is 10.8 Å². The molecule has 1 aromatic rings. The van der Waals surface area contributed by atoms with E-state index in [9.17, 15) is 15.2 Å². The molecular weight excluding hydrogens is 230 g/mol. The molecule has 0 saturated carbocycles. The molecule has 0 aliphatic heterocycles. The molecule has 0 atom stereocenters. The standard InChI is InChI=1S/C14H21NO3/c1-13(2,3)9-7-10(14(4,5)6)12(15(17)18)11(16)8-9/h7-8,16H,1-6H3. The van der Waals surface area contributed by atoms with Gasteiger partial charge in [0.1, 0.15) is 0 Å². The van der Waals surface area contributed by atoms with Crippen LogP contribution in [0, 0.1) is 10.1 Å². The van der Waals surface area contributed by atoms with Gasteiger partial charge in [0.15, 0.2) is 5.75 Å². The first-order valence-electron chi connectivity index (χ1n) is 5.97. The molecular formula is C14H21NO3. The SMILES string of the molecule is CC(C)(C)c1cc(O)c([N+](=O)[O-])c(C(C)(C)C)c1. The maximum atomic E-state index is 11.1. The van der Waals surface area contributed by atoms with Gasteiger partial charge in [-0.2, -0.15) is 0 Å². The fourth-order valence-corrected chi connectivity index (χ4v) is 1.82. The monoisotopic (exact) mass is 251 g/mol. The third-order valence-electron chi connectivity index (χ3n) is 2.95. The van der Waals surface area contributed by atoms with Crippen molar-refractivity contribution in [2.75, 3.05) is 0 Å². The summed E-state index contributed by atoms with van der Waals surface area (Å²) in [4.78, 5) is 10.6. The van der Waals surface area contributed by atoms with Gasteiger partial charge in [-0.3, -0.25) is 10.1 Å².